The molecule has 7 heteroatoms. The summed E-state index contributed by atoms with van der Waals surface area (Å²) in [5, 5.41) is 2.94. The minimum Gasteiger partial charge on any atom is -0.350 e. The summed E-state index contributed by atoms with van der Waals surface area (Å²) in [7, 11) is 0. The van der Waals surface area contributed by atoms with Crippen molar-refractivity contribution in [3.63, 3.8) is 0 Å². The summed E-state index contributed by atoms with van der Waals surface area (Å²) in [6.07, 6.45) is 3.24. The summed E-state index contributed by atoms with van der Waals surface area (Å²) in [4.78, 5) is 45.5. The predicted octanol–water partition coefficient (Wildman–Crippen LogP) is 1.99. The Bertz CT molecular complexity index is 895. The Kier molecular flexibility index (Phi) is 6.07. The lowest BCUT2D eigenvalue weighted by molar-refractivity contribution is -0.139. The molecule has 30 heavy (non-hydrogen) atoms. The molecule has 1 atom stereocenters. The van der Waals surface area contributed by atoms with Crippen molar-refractivity contribution in [2.75, 3.05) is 24.5 Å². The zero-order valence-corrected chi connectivity index (χ0v) is 16.9. The van der Waals surface area contributed by atoms with Gasteiger partial charge in [0.05, 0.1) is 18.2 Å². The maximum atomic E-state index is 12.9. The third-order valence-electron chi connectivity index (χ3n) is 5.89. The molecular weight excluding hydrogens is 380 g/mol. The number of hydrogen-bond acceptors (Lipinski definition) is 4. The third kappa shape index (κ3) is 4.50. The van der Waals surface area contributed by atoms with Gasteiger partial charge in [-0.25, -0.2) is 0 Å². The lowest BCUT2D eigenvalue weighted by atomic mass is 9.94. The number of nitrogens with zero attached hydrogens (tertiary/aromatic N) is 3. The number of anilines is 1. The predicted molar refractivity (Wildman–Crippen MR) is 112 cm³/mol. The average molecular weight is 406 g/mol. The molecule has 1 aromatic carbocycles. The molecule has 3 heterocycles. The number of para-hydroxylation sites is 1. The van der Waals surface area contributed by atoms with Crippen LogP contribution in [0.3, 0.4) is 0 Å². The van der Waals surface area contributed by atoms with Gasteiger partial charge in [-0.3, -0.25) is 19.4 Å². The SMILES string of the molecule is O=C(NCc1ccccn1)C1CCN(C(=O)C2CC(=O)N(c3ccccc3)C2)CC1. The highest BCUT2D eigenvalue weighted by atomic mass is 16.2. The van der Waals surface area contributed by atoms with Gasteiger partial charge in [0.1, 0.15) is 0 Å². The van der Waals surface area contributed by atoms with Crippen LogP contribution in [0.2, 0.25) is 0 Å². The zero-order valence-electron chi connectivity index (χ0n) is 16.9. The number of likely N-dealkylation sites (tertiary alicyclic amines) is 1. The summed E-state index contributed by atoms with van der Waals surface area (Å²) in [5.41, 5.74) is 1.66. The van der Waals surface area contributed by atoms with Crippen LogP contribution in [0.15, 0.2) is 54.7 Å². The van der Waals surface area contributed by atoms with Gasteiger partial charge in [0.15, 0.2) is 0 Å². The van der Waals surface area contributed by atoms with E-state index in [1.807, 2.05) is 53.4 Å². The first-order valence-corrected chi connectivity index (χ1v) is 10.4. The van der Waals surface area contributed by atoms with Crippen molar-refractivity contribution in [1.82, 2.24) is 15.2 Å². The molecule has 2 aliphatic heterocycles. The molecule has 0 aliphatic carbocycles. The van der Waals surface area contributed by atoms with E-state index >= 15 is 0 Å². The fourth-order valence-electron chi connectivity index (χ4n) is 4.18. The van der Waals surface area contributed by atoms with Crippen molar-refractivity contribution < 1.29 is 14.4 Å². The molecule has 0 radical (unpaired) electrons. The van der Waals surface area contributed by atoms with E-state index in [0.717, 1.165) is 11.4 Å². The normalized spacial score (nSPS) is 19.7. The number of amides is 3. The Morgan fingerprint density at radius 1 is 1.00 bits per heavy atom. The number of carbonyl (C=O) groups excluding carboxylic acids is 3. The van der Waals surface area contributed by atoms with E-state index in [1.54, 1.807) is 11.1 Å². The first kappa shape index (κ1) is 20.1. The highest BCUT2D eigenvalue weighted by molar-refractivity contribution is 6.00. The molecule has 1 aromatic heterocycles. The van der Waals surface area contributed by atoms with Gasteiger partial charge in [-0.15, -0.1) is 0 Å². The van der Waals surface area contributed by atoms with E-state index in [4.69, 9.17) is 0 Å². The Labute approximate surface area is 176 Å². The van der Waals surface area contributed by atoms with Crippen LogP contribution in [-0.4, -0.2) is 47.2 Å². The van der Waals surface area contributed by atoms with Gasteiger partial charge in [0.2, 0.25) is 17.7 Å². The number of hydrogen-bond donors (Lipinski definition) is 1. The number of benzene rings is 1. The van der Waals surface area contributed by atoms with Crippen LogP contribution in [0.5, 0.6) is 0 Å². The fraction of sp³-hybridized carbons (Fsp3) is 0.391. The first-order valence-electron chi connectivity index (χ1n) is 10.4. The van der Waals surface area contributed by atoms with Crippen LogP contribution >= 0.6 is 0 Å². The lowest BCUT2D eigenvalue weighted by Gasteiger charge is -2.33. The molecule has 0 saturated carbocycles. The minimum absolute atomic E-state index is 0.0108. The van der Waals surface area contributed by atoms with Gasteiger partial charge in [0, 0.05) is 43.9 Å². The standard InChI is InChI=1S/C23H26N4O3/c28-21-14-18(16-27(21)20-7-2-1-3-8-20)23(30)26-12-9-17(10-13-26)22(29)25-15-19-6-4-5-11-24-19/h1-8,11,17-18H,9-10,12-16H2,(H,25,29). The number of pyridine rings is 1. The summed E-state index contributed by atoms with van der Waals surface area (Å²) in [6, 6.07) is 15.1. The second kappa shape index (κ2) is 9.07. The molecule has 2 aliphatic rings. The molecule has 3 amide bonds. The maximum Gasteiger partial charge on any atom is 0.228 e. The van der Waals surface area contributed by atoms with Gasteiger partial charge in [-0.05, 0) is 37.1 Å². The third-order valence-corrected chi connectivity index (χ3v) is 5.89. The highest BCUT2D eigenvalue weighted by Crippen LogP contribution is 2.27. The molecule has 4 rings (SSSR count). The van der Waals surface area contributed by atoms with Crippen LogP contribution in [0, 0.1) is 11.8 Å². The van der Waals surface area contributed by atoms with Gasteiger partial charge in [0.25, 0.3) is 0 Å². The van der Waals surface area contributed by atoms with Crippen LogP contribution < -0.4 is 10.2 Å². The van der Waals surface area contributed by atoms with Crippen molar-refractivity contribution in [3.05, 3.63) is 60.4 Å². The molecule has 2 saturated heterocycles. The van der Waals surface area contributed by atoms with Crippen molar-refractivity contribution in [1.29, 1.82) is 0 Å². The lowest BCUT2D eigenvalue weighted by Crippen LogP contribution is -2.45. The number of aromatic nitrogens is 1. The number of rotatable bonds is 5. The summed E-state index contributed by atoms with van der Waals surface area (Å²) >= 11 is 0. The largest absolute Gasteiger partial charge is 0.350 e. The molecule has 1 N–H and O–H groups in total. The van der Waals surface area contributed by atoms with Crippen molar-refractivity contribution in [2.24, 2.45) is 11.8 Å². The minimum atomic E-state index is -0.313. The Morgan fingerprint density at radius 3 is 2.43 bits per heavy atom. The summed E-state index contributed by atoms with van der Waals surface area (Å²) in [6.45, 7) is 1.94. The Morgan fingerprint density at radius 2 is 1.73 bits per heavy atom. The van der Waals surface area contributed by atoms with E-state index < -0.39 is 0 Å². The second-order valence-corrected chi connectivity index (χ2v) is 7.88. The van der Waals surface area contributed by atoms with Crippen LogP contribution in [0.4, 0.5) is 5.69 Å². The van der Waals surface area contributed by atoms with Crippen molar-refractivity contribution in [3.8, 4) is 0 Å². The monoisotopic (exact) mass is 406 g/mol. The Balaban J connectivity index is 1.26. The van der Waals surface area contributed by atoms with Gasteiger partial charge in [-0.1, -0.05) is 24.3 Å². The average Bonchev–Trinajstić information content (AvgIpc) is 3.20. The molecule has 0 bridgehead atoms. The number of nitrogens with one attached hydrogen (secondary N) is 1. The van der Waals surface area contributed by atoms with E-state index in [2.05, 4.69) is 10.3 Å². The number of carbonyl (C=O) groups is 3. The molecule has 2 fully saturated rings. The molecule has 2 aromatic rings. The quantitative estimate of drug-likeness (QED) is 0.823. The van der Waals surface area contributed by atoms with E-state index in [-0.39, 0.29) is 36.0 Å². The van der Waals surface area contributed by atoms with E-state index in [9.17, 15) is 14.4 Å². The van der Waals surface area contributed by atoms with Crippen LogP contribution in [0.1, 0.15) is 25.0 Å². The van der Waals surface area contributed by atoms with Crippen LogP contribution in [-0.2, 0) is 20.9 Å². The Hall–Kier alpha value is -3.22. The topological polar surface area (TPSA) is 82.6 Å². The molecular formula is C23H26N4O3. The summed E-state index contributed by atoms with van der Waals surface area (Å²) in [5.74, 6) is -0.382. The van der Waals surface area contributed by atoms with Gasteiger partial charge < -0.3 is 15.1 Å². The smallest absolute Gasteiger partial charge is 0.228 e. The van der Waals surface area contributed by atoms with Gasteiger partial charge in [-0.2, -0.15) is 0 Å². The van der Waals surface area contributed by atoms with Crippen LogP contribution in [0.25, 0.3) is 0 Å². The second-order valence-electron chi connectivity index (χ2n) is 7.88. The van der Waals surface area contributed by atoms with E-state index in [0.29, 0.717) is 39.0 Å². The van der Waals surface area contributed by atoms with E-state index in [1.165, 1.54) is 0 Å². The first-order chi connectivity index (χ1) is 14.6. The highest BCUT2D eigenvalue weighted by Gasteiger charge is 2.38. The van der Waals surface area contributed by atoms with Gasteiger partial charge >= 0.3 is 0 Å². The molecule has 0 spiro atoms. The molecule has 156 valence electrons. The van der Waals surface area contributed by atoms with Crippen molar-refractivity contribution in [2.45, 2.75) is 25.8 Å². The zero-order chi connectivity index (χ0) is 20.9. The fourth-order valence-corrected chi connectivity index (χ4v) is 4.18. The molecule has 1 unspecified atom stereocenters. The number of piperidine rings is 1. The maximum absolute atomic E-state index is 12.9. The summed E-state index contributed by atoms with van der Waals surface area (Å²) < 4.78 is 0. The molecule has 7 nitrogen and oxygen atoms in total. The van der Waals surface area contributed by atoms with Crippen molar-refractivity contribution >= 4 is 23.4 Å².